The standard InChI is InChI=1S/C12H18N2O4S/c1-9-6-11(7-12(15)13(9)2)18-10-4-5-14(8-10)19(3,16)17/h6-7,10H,4-5,8H2,1-3H3. The van der Waals surface area contributed by atoms with Crippen molar-refractivity contribution in [3.05, 3.63) is 28.2 Å². The Morgan fingerprint density at radius 1 is 1.37 bits per heavy atom. The molecule has 1 aromatic rings. The monoisotopic (exact) mass is 286 g/mol. The Balaban J connectivity index is 2.10. The van der Waals surface area contributed by atoms with Gasteiger partial charge >= 0.3 is 0 Å². The maximum absolute atomic E-state index is 11.6. The van der Waals surface area contributed by atoms with Crippen LogP contribution in [0.4, 0.5) is 0 Å². The first-order valence-electron chi connectivity index (χ1n) is 6.07. The summed E-state index contributed by atoms with van der Waals surface area (Å²) in [6, 6.07) is 3.21. The Hall–Kier alpha value is -1.34. The van der Waals surface area contributed by atoms with E-state index in [4.69, 9.17) is 4.74 Å². The predicted octanol–water partition coefficient (Wildman–Crippen LogP) is 0.106. The highest BCUT2D eigenvalue weighted by molar-refractivity contribution is 7.88. The molecule has 0 N–H and O–H groups in total. The van der Waals surface area contributed by atoms with Crippen molar-refractivity contribution >= 4 is 10.0 Å². The van der Waals surface area contributed by atoms with Gasteiger partial charge in [-0.3, -0.25) is 4.79 Å². The molecule has 1 atom stereocenters. The van der Waals surface area contributed by atoms with Crippen molar-refractivity contribution in [3.63, 3.8) is 0 Å². The topological polar surface area (TPSA) is 68.6 Å². The molecule has 1 aliphatic rings. The maximum Gasteiger partial charge on any atom is 0.254 e. The molecule has 1 aliphatic heterocycles. The lowest BCUT2D eigenvalue weighted by Gasteiger charge is -2.16. The van der Waals surface area contributed by atoms with E-state index < -0.39 is 10.0 Å². The van der Waals surface area contributed by atoms with Gasteiger partial charge in [-0.15, -0.1) is 0 Å². The summed E-state index contributed by atoms with van der Waals surface area (Å²) in [4.78, 5) is 11.6. The molecule has 7 heteroatoms. The van der Waals surface area contributed by atoms with Crippen LogP contribution >= 0.6 is 0 Å². The van der Waals surface area contributed by atoms with Crippen molar-refractivity contribution in [1.82, 2.24) is 8.87 Å². The zero-order valence-corrected chi connectivity index (χ0v) is 12.1. The van der Waals surface area contributed by atoms with Crippen molar-refractivity contribution < 1.29 is 13.2 Å². The first-order valence-corrected chi connectivity index (χ1v) is 7.91. The summed E-state index contributed by atoms with van der Waals surface area (Å²) < 4.78 is 31.4. The molecule has 6 nitrogen and oxygen atoms in total. The average Bonchev–Trinajstić information content (AvgIpc) is 2.74. The van der Waals surface area contributed by atoms with Crippen molar-refractivity contribution in [3.8, 4) is 5.75 Å². The number of sulfonamides is 1. The number of hydrogen-bond donors (Lipinski definition) is 0. The summed E-state index contributed by atoms with van der Waals surface area (Å²) in [6.45, 7) is 2.63. The molecule has 2 heterocycles. The van der Waals surface area contributed by atoms with Crippen molar-refractivity contribution in [2.75, 3.05) is 19.3 Å². The molecular formula is C12H18N2O4S. The lowest BCUT2D eigenvalue weighted by atomic mass is 10.3. The number of ether oxygens (including phenoxy) is 1. The van der Waals surface area contributed by atoms with E-state index >= 15 is 0 Å². The van der Waals surface area contributed by atoms with Crippen molar-refractivity contribution in [1.29, 1.82) is 0 Å². The van der Waals surface area contributed by atoms with Gasteiger partial charge in [0.15, 0.2) is 0 Å². The molecule has 1 fully saturated rings. The summed E-state index contributed by atoms with van der Waals surface area (Å²) in [5, 5.41) is 0. The summed E-state index contributed by atoms with van der Waals surface area (Å²) in [5.41, 5.74) is 0.674. The molecule has 106 valence electrons. The summed E-state index contributed by atoms with van der Waals surface area (Å²) in [6.07, 6.45) is 1.64. The third-order valence-corrected chi connectivity index (χ3v) is 4.63. The summed E-state index contributed by atoms with van der Waals surface area (Å²) in [7, 11) is -1.47. The van der Waals surface area contributed by atoms with Crippen LogP contribution in [-0.4, -0.2) is 42.7 Å². The lowest BCUT2D eigenvalue weighted by Crippen LogP contribution is -2.30. The number of rotatable bonds is 3. The van der Waals surface area contributed by atoms with Gasteiger partial charge in [0.25, 0.3) is 5.56 Å². The Morgan fingerprint density at radius 3 is 2.58 bits per heavy atom. The number of nitrogens with zero attached hydrogens (tertiary/aromatic N) is 2. The van der Waals surface area contributed by atoms with Crippen LogP contribution in [0.3, 0.4) is 0 Å². The minimum atomic E-state index is -3.16. The van der Waals surface area contributed by atoms with Gasteiger partial charge in [-0.05, 0) is 19.4 Å². The van der Waals surface area contributed by atoms with Crippen LogP contribution in [0.5, 0.6) is 5.75 Å². The molecule has 1 aromatic heterocycles. The van der Waals surface area contributed by atoms with E-state index in [2.05, 4.69) is 0 Å². The van der Waals surface area contributed by atoms with Crippen molar-refractivity contribution in [2.24, 2.45) is 7.05 Å². The van der Waals surface area contributed by atoms with E-state index in [-0.39, 0.29) is 11.7 Å². The molecule has 0 bridgehead atoms. The van der Waals surface area contributed by atoms with Gasteiger partial charge in [-0.1, -0.05) is 0 Å². The predicted molar refractivity (Wildman–Crippen MR) is 71.9 cm³/mol. The molecule has 1 unspecified atom stereocenters. The van der Waals surface area contributed by atoms with Gasteiger partial charge in [0.05, 0.1) is 12.8 Å². The number of aryl methyl sites for hydroxylation is 1. The zero-order valence-electron chi connectivity index (χ0n) is 11.3. The SMILES string of the molecule is Cc1cc(OC2CCN(S(C)(=O)=O)C2)cc(=O)n1C. The van der Waals surface area contributed by atoms with E-state index in [1.807, 2.05) is 6.92 Å². The maximum atomic E-state index is 11.6. The second-order valence-corrected chi connectivity index (χ2v) is 6.86. The van der Waals surface area contributed by atoms with Gasteiger partial charge in [-0.25, -0.2) is 8.42 Å². The van der Waals surface area contributed by atoms with Crippen LogP contribution in [0.15, 0.2) is 16.9 Å². The van der Waals surface area contributed by atoms with E-state index in [0.29, 0.717) is 25.3 Å². The molecule has 0 spiro atoms. The number of pyridine rings is 1. The van der Waals surface area contributed by atoms with Crippen molar-refractivity contribution in [2.45, 2.75) is 19.4 Å². The molecule has 0 aliphatic carbocycles. The smallest absolute Gasteiger partial charge is 0.254 e. The van der Waals surface area contributed by atoms with Crippen LogP contribution in [0.1, 0.15) is 12.1 Å². The highest BCUT2D eigenvalue weighted by atomic mass is 32.2. The average molecular weight is 286 g/mol. The fourth-order valence-corrected chi connectivity index (χ4v) is 2.97. The first kappa shape index (κ1) is 14.1. The third-order valence-electron chi connectivity index (χ3n) is 3.36. The number of aromatic nitrogens is 1. The Bertz CT molecular complexity index is 636. The highest BCUT2D eigenvalue weighted by Gasteiger charge is 2.29. The Kier molecular flexibility index (Phi) is 3.69. The number of hydrogen-bond acceptors (Lipinski definition) is 4. The fraction of sp³-hybridized carbons (Fsp3) is 0.583. The summed E-state index contributed by atoms with van der Waals surface area (Å²) in [5.74, 6) is 0.501. The molecule has 19 heavy (non-hydrogen) atoms. The third kappa shape index (κ3) is 3.16. The normalized spacial score (nSPS) is 20.7. The van der Waals surface area contributed by atoms with E-state index in [1.165, 1.54) is 21.2 Å². The van der Waals surface area contributed by atoms with Gasteiger partial charge in [0.1, 0.15) is 11.9 Å². The fourth-order valence-electron chi connectivity index (χ4n) is 2.09. The molecule has 1 saturated heterocycles. The van der Waals surface area contributed by atoms with Gasteiger partial charge in [0.2, 0.25) is 10.0 Å². The molecule has 0 aromatic carbocycles. The van der Waals surface area contributed by atoms with E-state index in [0.717, 1.165) is 5.69 Å². The largest absolute Gasteiger partial charge is 0.489 e. The molecule has 2 rings (SSSR count). The van der Waals surface area contributed by atoms with Crippen LogP contribution in [-0.2, 0) is 17.1 Å². The van der Waals surface area contributed by atoms with E-state index in [1.54, 1.807) is 13.1 Å². The molecular weight excluding hydrogens is 268 g/mol. The van der Waals surface area contributed by atoms with E-state index in [9.17, 15) is 13.2 Å². The first-order chi connectivity index (χ1) is 8.77. The molecule has 0 amide bonds. The zero-order chi connectivity index (χ0) is 14.2. The van der Waals surface area contributed by atoms with Gasteiger partial charge in [-0.2, -0.15) is 4.31 Å². The summed E-state index contributed by atoms with van der Waals surface area (Å²) >= 11 is 0. The lowest BCUT2D eigenvalue weighted by molar-refractivity contribution is 0.215. The molecule has 0 saturated carbocycles. The van der Waals surface area contributed by atoms with Gasteiger partial charge < -0.3 is 9.30 Å². The van der Waals surface area contributed by atoms with Crippen LogP contribution in [0.2, 0.25) is 0 Å². The minimum Gasteiger partial charge on any atom is -0.489 e. The van der Waals surface area contributed by atoms with Crippen LogP contribution in [0, 0.1) is 6.92 Å². The minimum absolute atomic E-state index is 0.132. The van der Waals surface area contributed by atoms with Crippen LogP contribution in [0.25, 0.3) is 0 Å². The highest BCUT2D eigenvalue weighted by Crippen LogP contribution is 2.19. The Morgan fingerprint density at radius 2 is 2.05 bits per heavy atom. The second-order valence-electron chi connectivity index (χ2n) is 4.88. The second kappa shape index (κ2) is 4.97. The Labute approximate surface area is 112 Å². The quantitative estimate of drug-likeness (QED) is 0.790. The molecule has 0 radical (unpaired) electrons. The van der Waals surface area contributed by atoms with Gasteiger partial charge in [0, 0.05) is 25.4 Å². The van der Waals surface area contributed by atoms with Crippen LogP contribution < -0.4 is 10.3 Å².